The van der Waals surface area contributed by atoms with Gasteiger partial charge in [-0.05, 0) is 43.7 Å². The molecule has 1 saturated heterocycles. The van der Waals surface area contributed by atoms with Gasteiger partial charge in [-0.1, -0.05) is 43.9 Å². The number of carbonyl (C=O) groups is 2. The lowest BCUT2D eigenvalue weighted by atomic mass is 9.99. The van der Waals surface area contributed by atoms with E-state index in [2.05, 4.69) is 5.32 Å². The SMILES string of the molecule is Cc1ccccc1C(=O)NC1CCN(C(=O)CCC2CCCC2)CC1. The first-order valence-electron chi connectivity index (χ1n) is 9.78. The molecule has 0 unspecified atom stereocenters. The summed E-state index contributed by atoms with van der Waals surface area (Å²) in [6.07, 6.45) is 8.75. The second-order valence-electron chi connectivity index (χ2n) is 7.63. The van der Waals surface area contributed by atoms with Crippen LogP contribution < -0.4 is 5.32 Å². The maximum atomic E-state index is 12.4. The number of benzene rings is 1. The van der Waals surface area contributed by atoms with Crippen LogP contribution in [-0.4, -0.2) is 35.8 Å². The van der Waals surface area contributed by atoms with Gasteiger partial charge in [-0.25, -0.2) is 0 Å². The zero-order valence-corrected chi connectivity index (χ0v) is 15.3. The van der Waals surface area contributed by atoms with Crippen molar-refractivity contribution >= 4 is 11.8 Å². The first-order chi connectivity index (χ1) is 12.1. The first-order valence-corrected chi connectivity index (χ1v) is 9.78. The molecule has 0 atom stereocenters. The van der Waals surface area contributed by atoms with Gasteiger partial charge in [-0.2, -0.15) is 0 Å². The van der Waals surface area contributed by atoms with Crippen LogP contribution in [0.4, 0.5) is 0 Å². The number of carbonyl (C=O) groups excluding carboxylic acids is 2. The zero-order chi connectivity index (χ0) is 17.6. The van der Waals surface area contributed by atoms with Crippen LogP contribution in [0.3, 0.4) is 0 Å². The minimum absolute atomic E-state index is 0.00381. The van der Waals surface area contributed by atoms with E-state index in [0.717, 1.165) is 49.4 Å². The Hall–Kier alpha value is -1.84. The summed E-state index contributed by atoms with van der Waals surface area (Å²) in [5, 5.41) is 3.14. The molecule has 1 saturated carbocycles. The van der Waals surface area contributed by atoms with Gasteiger partial charge in [-0.3, -0.25) is 9.59 Å². The summed E-state index contributed by atoms with van der Waals surface area (Å²) in [6, 6.07) is 7.84. The van der Waals surface area contributed by atoms with E-state index in [1.54, 1.807) is 0 Å². The molecule has 25 heavy (non-hydrogen) atoms. The molecule has 1 aliphatic carbocycles. The van der Waals surface area contributed by atoms with E-state index in [9.17, 15) is 9.59 Å². The molecule has 0 bridgehead atoms. The average Bonchev–Trinajstić information content (AvgIpc) is 3.14. The van der Waals surface area contributed by atoms with Crippen LogP contribution in [0.5, 0.6) is 0 Å². The Morgan fingerprint density at radius 2 is 1.76 bits per heavy atom. The van der Waals surface area contributed by atoms with Crippen molar-refractivity contribution in [2.75, 3.05) is 13.1 Å². The van der Waals surface area contributed by atoms with Gasteiger partial charge < -0.3 is 10.2 Å². The Morgan fingerprint density at radius 1 is 1.08 bits per heavy atom. The van der Waals surface area contributed by atoms with Crippen LogP contribution >= 0.6 is 0 Å². The minimum atomic E-state index is 0.00381. The molecule has 2 aliphatic rings. The molecular formula is C21H30N2O2. The van der Waals surface area contributed by atoms with E-state index in [-0.39, 0.29) is 11.9 Å². The van der Waals surface area contributed by atoms with Crippen molar-refractivity contribution in [2.45, 2.75) is 64.3 Å². The van der Waals surface area contributed by atoms with Gasteiger partial charge in [0.1, 0.15) is 0 Å². The van der Waals surface area contributed by atoms with Crippen LogP contribution in [0.2, 0.25) is 0 Å². The first kappa shape index (κ1) is 18.0. The van der Waals surface area contributed by atoms with Gasteiger partial charge in [0, 0.05) is 31.1 Å². The van der Waals surface area contributed by atoms with E-state index in [1.165, 1.54) is 25.7 Å². The molecule has 1 heterocycles. The highest BCUT2D eigenvalue weighted by molar-refractivity contribution is 5.95. The fourth-order valence-electron chi connectivity index (χ4n) is 4.15. The molecule has 1 aromatic carbocycles. The number of likely N-dealkylation sites (tertiary alicyclic amines) is 1. The molecular weight excluding hydrogens is 312 g/mol. The van der Waals surface area contributed by atoms with Crippen molar-refractivity contribution in [3.63, 3.8) is 0 Å². The van der Waals surface area contributed by atoms with Gasteiger partial charge >= 0.3 is 0 Å². The van der Waals surface area contributed by atoms with Crippen LogP contribution in [0.15, 0.2) is 24.3 Å². The van der Waals surface area contributed by atoms with Crippen LogP contribution in [-0.2, 0) is 4.79 Å². The molecule has 0 radical (unpaired) electrons. The van der Waals surface area contributed by atoms with Gasteiger partial charge in [-0.15, -0.1) is 0 Å². The number of nitrogens with zero attached hydrogens (tertiary/aromatic N) is 1. The Bertz CT molecular complexity index is 600. The van der Waals surface area contributed by atoms with Gasteiger partial charge in [0.15, 0.2) is 0 Å². The van der Waals surface area contributed by atoms with Crippen LogP contribution in [0.1, 0.15) is 67.3 Å². The number of nitrogens with one attached hydrogen (secondary N) is 1. The van der Waals surface area contributed by atoms with E-state index in [1.807, 2.05) is 36.1 Å². The van der Waals surface area contributed by atoms with Crippen LogP contribution in [0.25, 0.3) is 0 Å². The highest BCUT2D eigenvalue weighted by Gasteiger charge is 2.25. The summed E-state index contributed by atoms with van der Waals surface area (Å²) in [5.41, 5.74) is 1.75. The predicted molar refractivity (Wildman–Crippen MR) is 99.4 cm³/mol. The monoisotopic (exact) mass is 342 g/mol. The van der Waals surface area contributed by atoms with Gasteiger partial charge in [0.05, 0.1) is 0 Å². The quantitative estimate of drug-likeness (QED) is 0.887. The second kappa shape index (κ2) is 8.50. The highest BCUT2D eigenvalue weighted by Crippen LogP contribution is 2.29. The number of rotatable bonds is 5. The molecule has 4 nitrogen and oxygen atoms in total. The molecule has 1 N–H and O–H groups in total. The van der Waals surface area contributed by atoms with E-state index >= 15 is 0 Å². The molecule has 2 amide bonds. The normalized spacial score (nSPS) is 19.2. The topological polar surface area (TPSA) is 49.4 Å². The van der Waals surface area contributed by atoms with Crippen molar-refractivity contribution in [1.29, 1.82) is 0 Å². The Kier molecular flexibility index (Phi) is 6.11. The van der Waals surface area contributed by atoms with Gasteiger partial charge in [0.25, 0.3) is 5.91 Å². The maximum absolute atomic E-state index is 12.4. The lowest BCUT2D eigenvalue weighted by molar-refractivity contribution is -0.132. The summed E-state index contributed by atoms with van der Waals surface area (Å²) >= 11 is 0. The van der Waals surface area contributed by atoms with Crippen molar-refractivity contribution < 1.29 is 9.59 Å². The molecule has 1 aromatic rings. The number of aryl methyl sites for hydroxylation is 1. The fraction of sp³-hybridized carbons (Fsp3) is 0.619. The lowest BCUT2D eigenvalue weighted by Gasteiger charge is -2.32. The number of piperidine rings is 1. The highest BCUT2D eigenvalue weighted by atomic mass is 16.2. The number of hydrogen-bond acceptors (Lipinski definition) is 2. The molecule has 3 rings (SSSR count). The van der Waals surface area contributed by atoms with E-state index in [0.29, 0.717) is 12.3 Å². The van der Waals surface area contributed by atoms with E-state index in [4.69, 9.17) is 0 Å². The van der Waals surface area contributed by atoms with Crippen molar-refractivity contribution in [2.24, 2.45) is 5.92 Å². The third-order valence-electron chi connectivity index (χ3n) is 5.81. The second-order valence-corrected chi connectivity index (χ2v) is 7.63. The molecule has 2 fully saturated rings. The molecule has 0 spiro atoms. The van der Waals surface area contributed by atoms with Crippen molar-refractivity contribution in [1.82, 2.24) is 10.2 Å². The molecule has 1 aliphatic heterocycles. The third kappa shape index (κ3) is 4.83. The predicted octanol–water partition coefficient (Wildman–Crippen LogP) is 3.69. The summed E-state index contributed by atoms with van der Waals surface area (Å²) in [5.74, 6) is 1.08. The molecule has 4 heteroatoms. The average molecular weight is 342 g/mol. The van der Waals surface area contributed by atoms with Crippen molar-refractivity contribution in [3.8, 4) is 0 Å². The Morgan fingerprint density at radius 3 is 2.44 bits per heavy atom. The standard InChI is InChI=1S/C21H30N2O2/c1-16-6-2-5-9-19(16)21(25)22-18-12-14-23(15-13-18)20(24)11-10-17-7-3-4-8-17/h2,5-6,9,17-18H,3-4,7-8,10-15H2,1H3,(H,22,25). The van der Waals surface area contributed by atoms with Crippen molar-refractivity contribution in [3.05, 3.63) is 35.4 Å². The summed E-state index contributed by atoms with van der Waals surface area (Å²) in [4.78, 5) is 26.8. The summed E-state index contributed by atoms with van der Waals surface area (Å²) in [6.45, 7) is 3.49. The third-order valence-corrected chi connectivity index (χ3v) is 5.81. The summed E-state index contributed by atoms with van der Waals surface area (Å²) in [7, 11) is 0. The maximum Gasteiger partial charge on any atom is 0.251 e. The Labute approximate surface area is 151 Å². The summed E-state index contributed by atoms with van der Waals surface area (Å²) < 4.78 is 0. The zero-order valence-electron chi connectivity index (χ0n) is 15.3. The smallest absolute Gasteiger partial charge is 0.251 e. The number of hydrogen-bond donors (Lipinski definition) is 1. The molecule has 136 valence electrons. The van der Waals surface area contributed by atoms with Crippen LogP contribution in [0, 0.1) is 12.8 Å². The fourth-order valence-corrected chi connectivity index (χ4v) is 4.15. The molecule has 0 aromatic heterocycles. The lowest BCUT2D eigenvalue weighted by Crippen LogP contribution is -2.46. The van der Waals surface area contributed by atoms with Gasteiger partial charge in [0.2, 0.25) is 5.91 Å². The largest absolute Gasteiger partial charge is 0.349 e. The Balaban J connectivity index is 1.41. The minimum Gasteiger partial charge on any atom is -0.349 e. The van der Waals surface area contributed by atoms with E-state index < -0.39 is 0 Å². The number of amides is 2.